The average Bonchev–Trinajstić information content (AvgIpc) is 3.12. The molecule has 6 nitrogen and oxygen atoms in total. The van der Waals surface area contributed by atoms with Crippen molar-refractivity contribution >= 4 is 33.2 Å². The molecule has 2 aromatic rings. The van der Waals surface area contributed by atoms with Crippen LogP contribution in [0.5, 0.6) is 5.75 Å². The Morgan fingerprint density at radius 2 is 1.84 bits per heavy atom. The van der Waals surface area contributed by atoms with Gasteiger partial charge in [0.15, 0.2) is 0 Å². The van der Waals surface area contributed by atoms with Crippen molar-refractivity contribution in [2.24, 2.45) is 0 Å². The number of amides is 1. The van der Waals surface area contributed by atoms with E-state index in [0.717, 1.165) is 12.8 Å². The van der Waals surface area contributed by atoms with Crippen molar-refractivity contribution in [1.29, 1.82) is 0 Å². The molecule has 2 N–H and O–H groups in total. The third kappa shape index (κ3) is 3.78. The number of nitrogens with zero attached hydrogens (tertiary/aromatic N) is 1. The zero-order chi connectivity index (χ0) is 18.0. The molecule has 0 unspecified atom stereocenters. The molecule has 0 saturated carbocycles. The number of carbonyl (C=O) groups is 1. The lowest BCUT2D eigenvalue weighted by Gasteiger charge is -2.16. The van der Waals surface area contributed by atoms with Gasteiger partial charge in [0.1, 0.15) is 5.75 Å². The minimum absolute atomic E-state index is 0.0326. The first kappa shape index (κ1) is 17.7. The van der Waals surface area contributed by atoms with Crippen LogP contribution in [-0.2, 0) is 10.0 Å². The molecule has 1 saturated heterocycles. The molecule has 1 aliphatic heterocycles. The van der Waals surface area contributed by atoms with Crippen LogP contribution >= 0.6 is 11.6 Å². The summed E-state index contributed by atoms with van der Waals surface area (Å²) in [7, 11) is -3.64. The van der Waals surface area contributed by atoms with Gasteiger partial charge >= 0.3 is 0 Å². The Morgan fingerprint density at radius 3 is 2.52 bits per heavy atom. The number of nitrogens with one attached hydrogen (secondary N) is 1. The van der Waals surface area contributed by atoms with Gasteiger partial charge in [-0.05, 0) is 49.2 Å². The minimum Gasteiger partial charge on any atom is -0.506 e. The predicted octanol–water partition coefficient (Wildman–Crippen LogP) is 3.08. The second-order valence-electron chi connectivity index (χ2n) is 5.75. The molecule has 0 atom stereocenters. The van der Waals surface area contributed by atoms with E-state index < -0.39 is 15.9 Å². The summed E-state index contributed by atoms with van der Waals surface area (Å²) in [6.07, 6.45) is 1.66. The number of carbonyl (C=O) groups excluding carboxylic acids is 1. The van der Waals surface area contributed by atoms with Crippen LogP contribution in [0.3, 0.4) is 0 Å². The Labute approximate surface area is 151 Å². The number of rotatable bonds is 4. The third-order valence-electron chi connectivity index (χ3n) is 4.01. The van der Waals surface area contributed by atoms with Crippen LogP contribution in [0.1, 0.15) is 23.2 Å². The Kier molecular flexibility index (Phi) is 4.99. The number of halogens is 1. The van der Waals surface area contributed by atoms with Gasteiger partial charge in [0.05, 0.1) is 10.6 Å². The Morgan fingerprint density at radius 1 is 1.12 bits per heavy atom. The van der Waals surface area contributed by atoms with E-state index in [2.05, 4.69) is 5.32 Å². The normalized spacial score (nSPS) is 15.2. The van der Waals surface area contributed by atoms with Gasteiger partial charge < -0.3 is 10.4 Å². The van der Waals surface area contributed by atoms with Crippen LogP contribution < -0.4 is 5.32 Å². The first-order valence-electron chi connectivity index (χ1n) is 7.78. The van der Waals surface area contributed by atoms with E-state index in [4.69, 9.17) is 11.6 Å². The van der Waals surface area contributed by atoms with E-state index in [1.165, 1.54) is 28.6 Å². The molecule has 2 aromatic carbocycles. The SMILES string of the molecule is O=C(Nc1cc(S(=O)(=O)N2CCCC2)ccc1O)c1cccc(Cl)c1. The van der Waals surface area contributed by atoms with Crippen LogP contribution in [-0.4, -0.2) is 36.8 Å². The van der Waals surface area contributed by atoms with Gasteiger partial charge in [0, 0.05) is 23.7 Å². The molecule has 1 aliphatic rings. The molecule has 3 rings (SSSR count). The minimum atomic E-state index is -3.64. The van der Waals surface area contributed by atoms with E-state index in [9.17, 15) is 18.3 Å². The van der Waals surface area contributed by atoms with Gasteiger partial charge in [-0.2, -0.15) is 4.31 Å². The summed E-state index contributed by atoms with van der Waals surface area (Å²) >= 11 is 5.87. The highest BCUT2D eigenvalue weighted by Crippen LogP contribution is 2.29. The van der Waals surface area contributed by atoms with E-state index in [-0.39, 0.29) is 16.3 Å². The summed E-state index contributed by atoms with van der Waals surface area (Å²) in [6, 6.07) is 10.2. The lowest BCUT2D eigenvalue weighted by molar-refractivity contribution is 0.102. The molecule has 0 aliphatic carbocycles. The highest BCUT2D eigenvalue weighted by atomic mass is 35.5. The molecule has 1 amide bonds. The van der Waals surface area contributed by atoms with E-state index in [0.29, 0.717) is 23.7 Å². The fourth-order valence-corrected chi connectivity index (χ4v) is 4.41. The topological polar surface area (TPSA) is 86.7 Å². The number of phenols is 1. The first-order chi connectivity index (χ1) is 11.9. The smallest absolute Gasteiger partial charge is 0.255 e. The molecule has 0 bridgehead atoms. The van der Waals surface area contributed by atoms with E-state index in [1.54, 1.807) is 18.2 Å². The van der Waals surface area contributed by atoms with Crippen LogP contribution in [0.2, 0.25) is 5.02 Å². The number of aromatic hydroxyl groups is 1. The lowest BCUT2D eigenvalue weighted by Crippen LogP contribution is -2.28. The van der Waals surface area contributed by atoms with Gasteiger partial charge in [0.25, 0.3) is 5.91 Å². The zero-order valence-corrected chi connectivity index (χ0v) is 14.8. The molecular formula is C17H17ClN2O4S. The van der Waals surface area contributed by atoms with Gasteiger partial charge in [-0.25, -0.2) is 8.42 Å². The maximum atomic E-state index is 12.6. The molecule has 25 heavy (non-hydrogen) atoms. The van der Waals surface area contributed by atoms with Gasteiger partial charge in [-0.3, -0.25) is 4.79 Å². The van der Waals surface area contributed by atoms with Crippen molar-refractivity contribution in [1.82, 2.24) is 4.31 Å². The number of hydrogen-bond donors (Lipinski definition) is 2. The maximum absolute atomic E-state index is 12.6. The summed E-state index contributed by atoms with van der Waals surface area (Å²) in [6.45, 7) is 0.959. The van der Waals surface area contributed by atoms with Crippen LogP contribution in [0.4, 0.5) is 5.69 Å². The predicted molar refractivity (Wildman–Crippen MR) is 95.5 cm³/mol. The van der Waals surface area contributed by atoms with Crippen molar-refractivity contribution < 1.29 is 18.3 Å². The maximum Gasteiger partial charge on any atom is 0.255 e. The number of sulfonamides is 1. The molecule has 8 heteroatoms. The zero-order valence-electron chi connectivity index (χ0n) is 13.3. The van der Waals surface area contributed by atoms with Gasteiger partial charge in [-0.15, -0.1) is 0 Å². The third-order valence-corrected chi connectivity index (χ3v) is 6.14. The van der Waals surface area contributed by atoms with E-state index in [1.807, 2.05) is 0 Å². The molecule has 1 fully saturated rings. The quantitative estimate of drug-likeness (QED) is 0.798. The highest BCUT2D eigenvalue weighted by Gasteiger charge is 2.28. The highest BCUT2D eigenvalue weighted by molar-refractivity contribution is 7.89. The molecular weight excluding hydrogens is 364 g/mol. The van der Waals surface area contributed by atoms with Crippen molar-refractivity contribution in [3.63, 3.8) is 0 Å². The Bertz CT molecular complexity index is 909. The molecule has 132 valence electrons. The fourth-order valence-electron chi connectivity index (χ4n) is 2.68. The summed E-state index contributed by atoms with van der Waals surface area (Å²) in [5, 5.41) is 12.9. The number of benzene rings is 2. The molecule has 0 radical (unpaired) electrons. The summed E-state index contributed by atoms with van der Waals surface area (Å²) in [4.78, 5) is 12.3. The standard InChI is InChI=1S/C17H17ClN2O4S/c18-13-5-3-4-12(10-13)17(22)19-15-11-14(6-7-16(15)21)25(23,24)20-8-1-2-9-20/h3-7,10-11,21H,1-2,8-9H2,(H,19,22). The average molecular weight is 381 g/mol. The van der Waals surface area contributed by atoms with Crippen LogP contribution in [0, 0.1) is 0 Å². The van der Waals surface area contributed by atoms with Crippen molar-refractivity contribution in [2.75, 3.05) is 18.4 Å². The summed E-state index contributed by atoms with van der Waals surface area (Å²) in [5.74, 6) is -0.704. The summed E-state index contributed by atoms with van der Waals surface area (Å²) < 4.78 is 26.6. The first-order valence-corrected chi connectivity index (χ1v) is 9.60. The number of phenolic OH excluding ortho intramolecular Hbond substituents is 1. The second-order valence-corrected chi connectivity index (χ2v) is 8.13. The van der Waals surface area contributed by atoms with Crippen LogP contribution in [0.25, 0.3) is 0 Å². The largest absolute Gasteiger partial charge is 0.506 e. The second kappa shape index (κ2) is 7.03. The van der Waals surface area contributed by atoms with Crippen molar-refractivity contribution in [3.05, 3.63) is 53.1 Å². The summed E-state index contributed by atoms with van der Waals surface area (Å²) in [5.41, 5.74) is 0.338. The Balaban J connectivity index is 1.88. The van der Waals surface area contributed by atoms with Gasteiger partial charge in [-0.1, -0.05) is 17.7 Å². The van der Waals surface area contributed by atoms with Crippen molar-refractivity contribution in [3.8, 4) is 5.75 Å². The van der Waals surface area contributed by atoms with Gasteiger partial charge in [0.2, 0.25) is 10.0 Å². The Hall–Kier alpha value is -2.09. The lowest BCUT2D eigenvalue weighted by atomic mass is 10.2. The molecule has 1 heterocycles. The van der Waals surface area contributed by atoms with E-state index >= 15 is 0 Å². The number of anilines is 1. The van der Waals surface area contributed by atoms with Crippen LogP contribution in [0.15, 0.2) is 47.4 Å². The molecule has 0 aromatic heterocycles. The van der Waals surface area contributed by atoms with Crippen molar-refractivity contribution in [2.45, 2.75) is 17.7 Å². The monoisotopic (exact) mass is 380 g/mol. The molecule has 0 spiro atoms. The fraction of sp³-hybridized carbons (Fsp3) is 0.235. The number of hydrogen-bond acceptors (Lipinski definition) is 4.